The van der Waals surface area contributed by atoms with E-state index in [2.05, 4.69) is 14.9 Å². The quantitative estimate of drug-likeness (QED) is 0.790. The molecule has 2 heterocycles. The van der Waals surface area contributed by atoms with Gasteiger partial charge in [-0.25, -0.2) is 14.4 Å². The van der Waals surface area contributed by atoms with Crippen molar-refractivity contribution < 1.29 is 18.7 Å². The van der Waals surface area contributed by atoms with Crippen molar-refractivity contribution in [1.29, 1.82) is 0 Å². The Morgan fingerprint density at radius 1 is 1.38 bits per heavy atom. The third-order valence-electron chi connectivity index (χ3n) is 4.23. The minimum absolute atomic E-state index is 0.0949. The number of hydrogen-bond donors (Lipinski definition) is 0. The summed E-state index contributed by atoms with van der Waals surface area (Å²) in [6.07, 6.45) is 3.42. The van der Waals surface area contributed by atoms with E-state index >= 15 is 0 Å². The Kier molecular flexibility index (Phi) is 5.90. The minimum Gasteiger partial charge on any atom is -0.421 e. The number of carbonyl (C=O) groups excluding carboxylic acids is 1. The van der Waals surface area contributed by atoms with E-state index in [1.54, 1.807) is 24.5 Å². The van der Waals surface area contributed by atoms with Crippen molar-refractivity contribution in [2.24, 2.45) is 0 Å². The summed E-state index contributed by atoms with van der Waals surface area (Å²) in [4.78, 5) is 22.2. The van der Waals surface area contributed by atoms with Crippen LogP contribution in [0, 0.1) is 12.7 Å². The minimum atomic E-state index is -0.447. The number of nitrogens with zero attached hydrogens (tertiary/aromatic N) is 3. The summed E-state index contributed by atoms with van der Waals surface area (Å²) < 4.78 is 24.8. The van der Waals surface area contributed by atoms with Crippen molar-refractivity contribution in [2.75, 3.05) is 19.7 Å². The zero-order valence-electron chi connectivity index (χ0n) is 14.9. The van der Waals surface area contributed by atoms with Crippen LogP contribution in [0.1, 0.15) is 24.5 Å². The number of ketones is 1. The molecule has 1 saturated heterocycles. The third kappa shape index (κ3) is 4.62. The zero-order valence-corrected chi connectivity index (χ0v) is 14.9. The number of halogens is 1. The molecule has 2 aromatic rings. The molecule has 6 nitrogen and oxygen atoms in total. The van der Waals surface area contributed by atoms with Gasteiger partial charge in [0.25, 0.3) is 0 Å². The number of morpholine rings is 1. The van der Waals surface area contributed by atoms with E-state index in [0.29, 0.717) is 26.1 Å². The standard InChI is InChI=1S/C19H22FN3O3/c1-3-16(24)18-12-23(6-7-25-18)11-14-9-21-19(22-10-14)26-17-5-4-13(2)8-15(17)20/h4-5,8-10,18H,3,6-7,11-12H2,1-2H3/t18-/m0/s1. The summed E-state index contributed by atoms with van der Waals surface area (Å²) in [7, 11) is 0. The van der Waals surface area contributed by atoms with Crippen LogP contribution in [-0.4, -0.2) is 46.5 Å². The molecule has 1 aliphatic heterocycles. The number of ether oxygens (including phenoxy) is 2. The van der Waals surface area contributed by atoms with Gasteiger partial charge in [-0.05, 0) is 24.6 Å². The van der Waals surface area contributed by atoms with E-state index in [4.69, 9.17) is 9.47 Å². The number of aromatic nitrogens is 2. The van der Waals surface area contributed by atoms with Crippen molar-refractivity contribution in [1.82, 2.24) is 14.9 Å². The first kappa shape index (κ1) is 18.4. The van der Waals surface area contributed by atoms with Crippen LogP contribution in [0.3, 0.4) is 0 Å². The maximum absolute atomic E-state index is 13.8. The second-order valence-corrected chi connectivity index (χ2v) is 6.32. The molecule has 0 N–H and O–H groups in total. The Hall–Kier alpha value is -2.38. The van der Waals surface area contributed by atoms with E-state index in [0.717, 1.165) is 17.7 Å². The highest BCUT2D eigenvalue weighted by Gasteiger charge is 2.25. The fourth-order valence-electron chi connectivity index (χ4n) is 2.79. The van der Waals surface area contributed by atoms with Crippen molar-refractivity contribution in [2.45, 2.75) is 32.9 Å². The van der Waals surface area contributed by atoms with Gasteiger partial charge in [-0.1, -0.05) is 13.0 Å². The topological polar surface area (TPSA) is 64.6 Å². The van der Waals surface area contributed by atoms with Crippen LogP contribution in [0.4, 0.5) is 4.39 Å². The molecule has 7 heteroatoms. The van der Waals surface area contributed by atoms with Crippen LogP contribution in [0.15, 0.2) is 30.6 Å². The van der Waals surface area contributed by atoms with Gasteiger partial charge in [0.2, 0.25) is 0 Å². The van der Waals surface area contributed by atoms with Gasteiger partial charge < -0.3 is 9.47 Å². The normalized spacial score (nSPS) is 17.9. The van der Waals surface area contributed by atoms with Crippen LogP contribution < -0.4 is 4.74 Å². The summed E-state index contributed by atoms with van der Waals surface area (Å²) in [6, 6.07) is 4.81. The molecule has 138 valence electrons. The summed E-state index contributed by atoms with van der Waals surface area (Å²) in [5, 5.41) is 0. The molecular weight excluding hydrogens is 337 g/mol. The molecule has 26 heavy (non-hydrogen) atoms. The van der Waals surface area contributed by atoms with Gasteiger partial charge in [0, 0.05) is 44.0 Å². The molecule has 1 aromatic heterocycles. The fourth-order valence-corrected chi connectivity index (χ4v) is 2.79. The third-order valence-corrected chi connectivity index (χ3v) is 4.23. The molecule has 0 amide bonds. The lowest BCUT2D eigenvalue weighted by atomic mass is 10.1. The highest BCUT2D eigenvalue weighted by Crippen LogP contribution is 2.22. The summed E-state index contributed by atoms with van der Waals surface area (Å²) in [5.41, 5.74) is 1.71. The van der Waals surface area contributed by atoms with Crippen molar-refractivity contribution >= 4 is 5.78 Å². The highest BCUT2D eigenvalue weighted by molar-refractivity contribution is 5.83. The van der Waals surface area contributed by atoms with Gasteiger partial charge in [-0.15, -0.1) is 0 Å². The van der Waals surface area contributed by atoms with Crippen LogP contribution in [0.25, 0.3) is 0 Å². The summed E-state index contributed by atoms with van der Waals surface area (Å²) in [5.74, 6) is -0.232. The highest BCUT2D eigenvalue weighted by atomic mass is 19.1. The van der Waals surface area contributed by atoms with E-state index in [1.807, 2.05) is 13.8 Å². The summed E-state index contributed by atoms with van der Waals surface area (Å²) >= 11 is 0. The predicted molar refractivity (Wildman–Crippen MR) is 93.6 cm³/mol. The monoisotopic (exact) mass is 359 g/mol. The molecule has 0 aliphatic carbocycles. The van der Waals surface area contributed by atoms with Gasteiger partial charge in [-0.2, -0.15) is 0 Å². The average molecular weight is 359 g/mol. The van der Waals surface area contributed by atoms with Crippen molar-refractivity contribution in [3.63, 3.8) is 0 Å². The van der Waals surface area contributed by atoms with E-state index < -0.39 is 5.82 Å². The largest absolute Gasteiger partial charge is 0.421 e. The lowest BCUT2D eigenvalue weighted by molar-refractivity contribution is -0.136. The van der Waals surface area contributed by atoms with E-state index in [9.17, 15) is 9.18 Å². The average Bonchev–Trinajstić information content (AvgIpc) is 2.65. The van der Waals surface area contributed by atoms with Gasteiger partial charge in [0.1, 0.15) is 6.10 Å². The Bertz CT molecular complexity index is 767. The maximum atomic E-state index is 13.8. The molecule has 3 rings (SSSR count). The molecular formula is C19H22FN3O3. The number of benzene rings is 1. The Morgan fingerprint density at radius 2 is 2.15 bits per heavy atom. The second kappa shape index (κ2) is 8.33. The molecule has 0 unspecified atom stereocenters. The van der Waals surface area contributed by atoms with Gasteiger partial charge >= 0.3 is 6.01 Å². The lowest BCUT2D eigenvalue weighted by Gasteiger charge is -2.31. The number of Topliss-reactive ketones (excluding diaryl/α,β-unsaturated/α-hetero) is 1. The van der Waals surface area contributed by atoms with Crippen LogP contribution in [0.2, 0.25) is 0 Å². The van der Waals surface area contributed by atoms with Gasteiger partial charge in [0.15, 0.2) is 17.3 Å². The molecule has 0 bridgehead atoms. The molecule has 0 spiro atoms. The maximum Gasteiger partial charge on any atom is 0.321 e. The first-order valence-electron chi connectivity index (χ1n) is 8.66. The number of hydrogen-bond acceptors (Lipinski definition) is 6. The molecule has 1 aromatic carbocycles. The van der Waals surface area contributed by atoms with Gasteiger partial charge in [0.05, 0.1) is 6.61 Å². The predicted octanol–water partition coefficient (Wildman–Crippen LogP) is 2.90. The number of aryl methyl sites for hydroxylation is 1. The zero-order chi connectivity index (χ0) is 18.5. The second-order valence-electron chi connectivity index (χ2n) is 6.32. The molecule has 1 fully saturated rings. The molecule has 0 radical (unpaired) electrons. The smallest absolute Gasteiger partial charge is 0.321 e. The number of rotatable bonds is 6. The lowest BCUT2D eigenvalue weighted by Crippen LogP contribution is -2.45. The van der Waals surface area contributed by atoms with Crippen LogP contribution >= 0.6 is 0 Å². The molecule has 0 saturated carbocycles. The summed E-state index contributed by atoms with van der Waals surface area (Å²) in [6.45, 7) is 6.12. The van der Waals surface area contributed by atoms with Crippen LogP contribution in [0.5, 0.6) is 11.8 Å². The van der Waals surface area contributed by atoms with E-state index in [-0.39, 0.29) is 23.6 Å². The first-order chi connectivity index (χ1) is 12.5. The Morgan fingerprint density at radius 3 is 2.85 bits per heavy atom. The molecule has 1 aliphatic rings. The van der Waals surface area contributed by atoms with Gasteiger partial charge in [-0.3, -0.25) is 9.69 Å². The number of carbonyl (C=O) groups is 1. The SMILES string of the molecule is CCC(=O)[C@@H]1CN(Cc2cnc(Oc3ccc(C)cc3F)nc2)CCO1. The van der Waals surface area contributed by atoms with Crippen LogP contribution in [-0.2, 0) is 16.1 Å². The fraction of sp³-hybridized carbons (Fsp3) is 0.421. The van der Waals surface area contributed by atoms with E-state index in [1.165, 1.54) is 6.07 Å². The van der Waals surface area contributed by atoms with Crippen molar-refractivity contribution in [3.05, 3.63) is 47.5 Å². The molecule has 1 atom stereocenters. The first-order valence-corrected chi connectivity index (χ1v) is 8.66. The Balaban J connectivity index is 1.60. The Labute approximate surface area is 152 Å². The van der Waals surface area contributed by atoms with Crippen molar-refractivity contribution in [3.8, 4) is 11.8 Å².